The number of rotatable bonds is 0. The summed E-state index contributed by atoms with van der Waals surface area (Å²) in [6.45, 7) is 18.8. The second kappa shape index (κ2) is 6.60. The average molecular weight is 456 g/mol. The third-order valence-corrected chi connectivity index (χ3v) is 14.0. The first-order valence-corrected chi connectivity index (χ1v) is 14.2. The zero-order chi connectivity index (χ0) is 23.7. The molecule has 6 aliphatic rings. The van der Waals surface area contributed by atoms with Crippen molar-refractivity contribution in [1.82, 2.24) is 0 Å². The summed E-state index contributed by atoms with van der Waals surface area (Å²) in [5, 5.41) is 13.6. The van der Waals surface area contributed by atoms with Crippen LogP contribution in [0.3, 0.4) is 0 Å². The van der Waals surface area contributed by atoms with Gasteiger partial charge in [-0.15, -0.1) is 0 Å². The molecule has 1 N–H and O–H groups in total. The van der Waals surface area contributed by atoms with Gasteiger partial charge in [-0.2, -0.15) is 0 Å². The van der Waals surface area contributed by atoms with Gasteiger partial charge in [0.15, 0.2) is 0 Å². The molecule has 0 radical (unpaired) electrons. The lowest BCUT2D eigenvalue weighted by molar-refractivity contribution is -0.235. The van der Waals surface area contributed by atoms with E-state index in [4.69, 9.17) is 4.74 Å². The van der Waals surface area contributed by atoms with E-state index >= 15 is 0 Å². The number of oxime groups is 1. The molecule has 1 heterocycles. The van der Waals surface area contributed by atoms with Gasteiger partial charge in [-0.1, -0.05) is 53.6 Å². The fourth-order valence-electron chi connectivity index (χ4n) is 12.0. The van der Waals surface area contributed by atoms with Crippen molar-refractivity contribution in [2.45, 2.75) is 119 Å². The van der Waals surface area contributed by atoms with Crippen molar-refractivity contribution < 1.29 is 9.94 Å². The topological polar surface area (TPSA) is 41.8 Å². The lowest BCUT2D eigenvalue weighted by Crippen LogP contribution is -2.67. The van der Waals surface area contributed by atoms with Crippen LogP contribution in [0.2, 0.25) is 0 Å². The van der Waals surface area contributed by atoms with Crippen LogP contribution >= 0.6 is 0 Å². The zero-order valence-corrected chi connectivity index (χ0v) is 22.5. The van der Waals surface area contributed by atoms with E-state index in [0.29, 0.717) is 39.1 Å². The number of ether oxygens (including phenoxy) is 1. The molecular formula is C30H49NO2. The molecule has 2 bridgehead atoms. The van der Waals surface area contributed by atoms with E-state index in [1.807, 2.05) is 0 Å². The van der Waals surface area contributed by atoms with Gasteiger partial charge < -0.3 is 9.94 Å². The molecule has 6 fully saturated rings. The molecule has 3 nitrogen and oxygen atoms in total. The van der Waals surface area contributed by atoms with Crippen molar-refractivity contribution in [2.24, 2.45) is 61.3 Å². The molecule has 0 aromatic rings. The van der Waals surface area contributed by atoms with Crippen LogP contribution in [0.1, 0.15) is 113 Å². The number of fused-ring (bicyclic) bond motifs is 5. The van der Waals surface area contributed by atoms with Crippen molar-refractivity contribution in [3.05, 3.63) is 0 Å². The van der Waals surface area contributed by atoms with E-state index in [2.05, 4.69) is 53.6 Å². The van der Waals surface area contributed by atoms with E-state index in [1.54, 1.807) is 0 Å². The average Bonchev–Trinajstić information content (AvgIpc) is 3.07. The second-order valence-electron chi connectivity index (χ2n) is 15.5. The molecule has 3 heteroatoms. The van der Waals surface area contributed by atoms with E-state index in [1.165, 1.54) is 57.8 Å². The molecule has 0 unspecified atom stereocenters. The highest BCUT2D eigenvalue weighted by atomic mass is 16.5. The lowest BCUT2D eigenvalue weighted by Gasteiger charge is -2.73. The second-order valence-corrected chi connectivity index (χ2v) is 15.5. The Morgan fingerprint density at radius 3 is 2.24 bits per heavy atom. The summed E-state index contributed by atoms with van der Waals surface area (Å²) < 4.78 is 6.71. The van der Waals surface area contributed by atoms with Gasteiger partial charge in [0.2, 0.25) is 0 Å². The molecular weight excluding hydrogens is 406 g/mol. The standard InChI is InChI=1S/C30H49NO2/c1-25(2)14-16-30-17-15-28(6)19(23(30)24(25)33-18-30)8-9-21-27(5)12-11-22(31-32)26(3,4)20(27)10-13-29(21,28)7/h19-21,23-24,32H,8-18H2,1-7H3/b31-22-/t19-,20-,21+,23-,24+,27-,28+,29+,30+/m0/s1. The van der Waals surface area contributed by atoms with Crippen LogP contribution in [0, 0.1) is 56.2 Å². The molecule has 0 spiro atoms. The van der Waals surface area contributed by atoms with Gasteiger partial charge in [0.05, 0.1) is 18.4 Å². The SMILES string of the molecule is CC1(C)CC[C@]23CC[C@]4(C)[C@@H](CC[C@@H]5[C@@]6(C)CC/C(=N/O)C(C)(C)[C@@H]6CC[C@]54C)[C@H]2[C@H]1OC3. The first-order valence-electron chi connectivity index (χ1n) is 14.2. The largest absolute Gasteiger partial charge is 0.411 e. The third kappa shape index (κ3) is 2.54. The predicted octanol–water partition coefficient (Wildman–Crippen LogP) is 7.71. The Balaban J connectivity index is 1.39. The fourth-order valence-corrected chi connectivity index (χ4v) is 12.0. The summed E-state index contributed by atoms with van der Waals surface area (Å²) in [5.74, 6) is 3.02. The Hall–Kier alpha value is -0.570. The van der Waals surface area contributed by atoms with E-state index in [9.17, 15) is 5.21 Å². The molecule has 0 aromatic carbocycles. The smallest absolute Gasteiger partial charge is 0.0663 e. The van der Waals surface area contributed by atoms with Crippen molar-refractivity contribution in [3.8, 4) is 0 Å². The van der Waals surface area contributed by atoms with Crippen LogP contribution in [-0.2, 0) is 4.74 Å². The summed E-state index contributed by atoms with van der Waals surface area (Å²) in [5.41, 5.74) is 3.06. The maximum absolute atomic E-state index is 9.76. The fraction of sp³-hybridized carbons (Fsp3) is 0.967. The first kappa shape index (κ1) is 22.9. The Kier molecular flexibility index (Phi) is 4.57. The molecule has 33 heavy (non-hydrogen) atoms. The van der Waals surface area contributed by atoms with Crippen LogP contribution < -0.4 is 0 Å². The maximum Gasteiger partial charge on any atom is 0.0663 e. The minimum atomic E-state index is 0.0117. The van der Waals surface area contributed by atoms with Crippen molar-refractivity contribution >= 4 is 5.71 Å². The highest BCUT2D eigenvalue weighted by Gasteiger charge is 2.72. The Morgan fingerprint density at radius 2 is 1.52 bits per heavy atom. The third-order valence-electron chi connectivity index (χ3n) is 14.0. The van der Waals surface area contributed by atoms with Crippen LogP contribution in [0.5, 0.6) is 0 Å². The maximum atomic E-state index is 9.76. The molecule has 6 rings (SSSR count). The van der Waals surface area contributed by atoms with Crippen LogP contribution in [0.25, 0.3) is 0 Å². The Bertz CT molecular complexity index is 877. The quantitative estimate of drug-likeness (QED) is 0.300. The highest BCUT2D eigenvalue weighted by molar-refractivity contribution is 5.90. The van der Waals surface area contributed by atoms with Gasteiger partial charge >= 0.3 is 0 Å². The lowest BCUT2D eigenvalue weighted by atomic mass is 9.31. The molecule has 186 valence electrons. The molecule has 1 aliphatic heterocycles. The van der Waals surface area contributed by atoms with Gasteiger partial charge in [0, 0.05) is 5.41 Å². The minimum absolute atomic E-state index is 0.0117. The van der Waals surface area contributed by atoms with Crippen molar-refractivity contribution in [1.29, 1.82) is 0 Å². The molecule has 1 saturated heterocycles. The summed E-state index contributed by atoms with van der Waals surface area (Å²) in [7, 11) is 0. The van der Waals surface area contributed by atoms with Crippen molar-refractivity contribution in [2.75, 3.05) is 6.61 Å². The highest BCUT2D eigenvalue weighted by Crippen LogP contribution is 2.77. The zero-order valence-electron chi connectivity index (χ0n) is 22.5. The number of hydrogen-bond acceptors (Lipinski definition) is 3. The monoisotopic (exact) mass is 455 g/mol. The Morgan fingerprint density at radius 1 is 0.788 bits per heavy atom. The molecule has 5 saturated carbocycles. The van der Waals surface area contributed by atoms with Crippen LogP contribution in [0.4, 0.5) is 0 Å². The van der Waals surface area contributed by atoms with Gasteiger partial charge in [-0.05, 0) is 115 Å². The van der Waals surface area contributed by atoms with Crippen LogP contribution in [0.15, 0.2) is 5.16 Å². The minimum Gasteiger partial charge on any atom is -0.411 e. The Labute approximate surface area is 202 Å². The predicted molar refractivity (Wildman–Crippen MR) is 133 cm³/mol. The van der Waals surface area contributed by atoms with Gasteiger partial charge in [-0.25, -0.2) is 0 Å². The molecule has 0 amide bonds. The van der Waals surface area contributed by atoms with E-state index < -0.39 is 0 Å². The summed E-state index contributed by atoms with van der Waals surface area (Å²) >= 11 is 0. The normalized spacial score (nSPS) is 57.5. The molecule has 5 aliphatic carbocycles. The summed E-state index contributed by atoms with van der Waals surface area (Å²) in [4.78, 5) is 0. The van der Waals surface area contributed by atoms with Crippen molar-refractivity contribution in [3.63, 3.8) is 0 Å². The summed E-state index contributed by atoms with van der Waals surface area (Å²) in [6.07, 6.45) is 13.6. The molecule has 0 aromatic heterocycles. The summed E-state index contributed by atoms with van der Waals surface area (Å²) in [6, 6.07) is 0. The van der Waals surface area contributed by atoms with Gasteiger partial charge in [0.25, 0.3) is 0 Å². The number of hydrogen-bond donors (Lipinski definition) is 1. The van der Waals surface area contributed by atoms with Crippen LogP contribution in [-0.4, -0.2) is 23.6 Å². The van der Waals surface area contributed by atoms with E-state index in [0.717, 1.165) is 36.5 Å². The van der Waals surface area contributed by atoms with Gasteiger partial charge in [0.1, 0.15) is 0 Å². The number of nitrogens with zero attached hydrogens (tertiary/aromatic N) is 1. The van der Waals surface area contributed by atoms with Gasteiger partial charge in [-0.3, -0.25) is 0 Å². The molecule has 9 atom stereocenters. The van der Waals surface area contributed by atoms with E-state index in [-0.39, 0.29) is 5.41 Å². The first-order chi connectivity index (χ1) is 15.4.